The number of rotatable bonds is 3. The average Bonchev–Trinajstić information content (AvgIpc) is 2.82. The highest BCUT2D eigenvalue weighted by Gasteiger charge is 2.52. The van der Waals surface area contributed by atoms with Crippen LogP contribution in [0.3, 0.4) is 0 Å². The smallest absolute Gasteiger partial charge is 0.399 e. The number of hydrogen-bond acceptors (Lipinski definition) is 4. The molecule has 0 aliphatic carbocycles. The number of hydrogen-bond donors (Lipinski definition) is 1. The standard InChI is InChI=1S/C12H20BN3O3/c1-11(2)12(3,4)19-13(18-11)9-6-15-16(7-9)8-10(17)14-5/h6-7H,8H2,1-5H3,(H,14,17). The van der Waals surface area contributed by atoms with Gasteiger partial charge in [0.25, 0.3) is 0 Å². The molecule has 0 saturated carbocycles. The predicted molar refractivity (Wildman–Crippen MR) is 72.0 cm³/mol. The Morgan fingerprint density at radius 1 is 1.37 bits per heavy atom. The van der Waals surface area contributed by atoms with Crippen LogP contribution in [0, 0.1) is 0 Å². The van der Waals surface area contributed by atoms with Crippen LogP contribution < -0.4 is 10.8 Å². The minimum absolute atomic E-state index is 0.0939. The van der Waals surface area contributed by atoms with Crippen molar-refractivity contribution < 1.29 is 14.1 Å². The van der Waals surface area contributed by atoms with Gasteiger partial charge in [-0.05, 0) is 27.7 Å². The van der Waals surface area contributed by atoms with Crippen molar-refractivity contribution in [2.24, 2.45) is 0 Å². The van der Waals surface area contributed by atoms with Crippen molar-refractivity contribution in [2.45, 2.75) is 45.4 Å². The SMILES string of the molecule is CNC(=O)Cn1cc(B2OC(C)(C)C(C)(C)O2)cn1. The zero-order chi connectivity index (χ0) is 14.3. The Morgan fingerprint density at radius 2 is 1.95 bits per heavy atom. The molecule has 1 aromatic heterocycles. The van der Waals surface area contributed by atoms with Gasteiger partial charge in [-0.1, -0.05) is 0 Å². The number of amides is 1. The van der Waals surface area contributed by atoms with Crippen molar-refractivity contribution in [2.75, 3.05) is 7.05 Å². The minimum atomic E-state index is -0.441. The van der Waals surface area contributed by atoms with E-state index in [1.165, 1.54) is 0 Å². The van der Waals surface area contributed by atoms with Gasteiger partial charge in [0.2, 0.25) is 5.91 Å². The first-order chi connectivity index (χ1) is 8.75. The molecule has 0 bridgehead atoms. The summed E-state index contributed by atoms with van der Waals surface area (Å²) in [5.41, 5.74) is 0.0729. The van der Waals surface area contributed by atoms with E-state index in [4.69, 9.17) is 9.31 Å². The molecule has 6 nitrogen and oxygen atoms in total. The van der Waals surface area contributed by atoms with E-state index < -0.39 is 7.12 Å². The lowest BCUT2D eigenvalue weighted by Crippen LogP contribution is -2.41. The van der Waals surface area contributed by atoms with E-state index in [2.05, 4.69) is 10.4 Å². The average molecular weight is 265 g/mol. The van der Waals surface area contributed by atoms with E-state index in [0.29, 0.717) is 0 Å². The summed E-state index contributed by atoms with van der Waals surface area (Å²) in [6.45, 7) is 8.20. The van der Waals surface area contributed by atoms with Crippen LogP contribution in [0.5, 0.6) is 0 Å². The molecule has 1 N–H and O–H groups in total. The molecule has 0 atom stereocenters. The maximum atomic E-state index is 11.3. The highest BCUT2D eigenvalue weighted by Crippen LogP contribution is 2.36. The summed E-state index contributed by atoms with van der Waals surface area (Å²) < 4.78 is 13.4. The maximum Gasteiger partial charge on any atom is 0.498 e. The summed E-state index contributed by atoms with van der Waals surface area (Å²) in [6, 6.07) is 0. The number of nitrogens with zero attached hydrogens (tertiary/aromatic N) is 2. The number of nitrogens with one attached hydrogen (secondary N) is 1. The Balaban J connectivity index is 2.11. The van der Waals surface area contributed by atoms with Crippen LogP contribution in [-0.2, 0) is 20.6 Å². The zero-order valence-corrected chi connectivity index (χ0v) is 12.1. The normalized spacial score (nSPS) is 20.6. The molecule has 2 heterocycles. The van der Waals surface area contributed by atoms with Gasteiger partial charge in [-0.25, -0.2) is 0 Å². The van der Waals surface area contributed by atoms with E-state index in [1.807, 2.05) is 27.7 Å². The van der Waals surface area contributed by atoms with Crippen molar-refractivity contribution in [3.63, 3.8) is 0 Å². The molecule has 1 saturated heterocycles. The van der Waals surface area contributed by atoms with Gasteiger partial charge < -0.3 is 14.6 Å². The fourth-order valence-corrected chi connectivity index (χ4v) is 1.79. The third-order valence-electron chi connectivity index (χ3n) is 3.76. The Labute approximate surface area is 113 Å². The van der Waals surface area contributed by atoms with Gasteiger partial charge in [0, 0.05) is 24.9 Å². The van der Waals surface area contributed by atoms with Crippen LogP contribution in [0.2, 0.25) is 0 Å². The molecular weight excluding hydrogens is 245 g/mol. The van der Waals surface area contributed by atoms with Crippen molar-refractivity contribution in [1.29, 1.82) is 0 Å². The largest absolute Gasteiger partial charge is 0.498 e. The molecule has 1 amide bonds. The van der Waals surface area contributed by atoms with Gasteiger partial charge in [-0.15, -0.1) is 0 Å². The summed E-state index contributed by atoms with van der Waals surface area (Å²) in [5.74, 6) is -0.0939. The van der Waals surface area contributed by atoms with Gasteiger partial charge in [0.15, 0.2) is 0 Å². The fourth-order valence-electron chi connectivity index (χ4n) is 1.79. The monoisotopic (exact) mass is 265 g/mol. The van der Waals surface area contributed by atoms with E-state index in [0.717, 1.165) is 5.46 Å². The second kappa shape index (κ2) is 4.65. The van der Waals surface area contributed by atoms with Crippen molar-refractivity contribution >= 4 is 18.5 Å². The Morgan fingerprint density at radius 3 is 2.47 bits per heavy atom. The van der Waals surface area contributed by atoms with E-state index in [1.54, 1.807) is 24.1 Å². The predicted octanol–water partition coefficient (Wildman–Crippen LogP) is -0.0717. The van der Waals surface area contributed by atoms with Crippen LogP contribution in [0.4, 0.5) is 0 Å². The number of carbonyl (C=O) groups excluding carboxylic acids is 1. The summed E-state index contributed by atoms with van der Waals surface area (Å²) in [4.78, 5) is 11.3. The lowest BCUT2D eigenvalue weighted by molar-refractivity contribution is -0.121. The molecule has 104 valence electrons. The highest BCUT2D eigenvalue weighted by atomic mass is 16.7. The molecule has 1 aliphatic heterocycles. The summed E-state index contributed by atoms with van der Waals surface area (Å²) >= 11 is 0. The Bertz CT molecular complexity index is 468. The summed E-state index contributed by atoms with van der Waals surface area (Å²) in [5, 5.41) is 6.70. The van der Waals surface area contributed by atoms with Gasteiger partial charge in [-0.2, -0.15) is 5.10 Å². The van der Waals surface area contributed by atoms with Crippen molar-refractivity contribution in [1.82, 2.24) is 15.1 Å². The number of aromatic nitrogens is 2. The third kappa shape index (κ3) is 2.67. The topological polar surface area (TPSA) is 65.4 Å². The van der Waals surface area contributed by atoms with Crippen LogP contribution in [0.25, 0.3) is 0 Å². The fraction of sp³-hybridized carbons (Fsp3) is 0.667. The maximum absolute atomic E-state index is 11.3. The van der Waals surface area contributed by atoms with E-state index >= 15 is 0 Å². The quantitative estimate of drug-likeness (QED) is 0.777. The lowest BCUT2D eigenvalue weighted by Gasteiger charge is -2.32. The molecule has 0 radical (unpaired) electrons. The molecule has 1 fully saturated rings. The molecule has 2 rings (SSSR count). The van der Waals surface area contributed by atoms with E-state index in [-0.39, 0.29) is 23.7 Å². The molecule has 0 unspecified atom stereocenters. The molecule has 0 aromatic carbocycles. The highest BCUT2D eigenvalue weighted by molar-refractivity contribution is 6.62. The molecule has 7 heteroatoms. The molecule has 1 aliphatic rings. The van der Waals surface area contributed by atoms with Crippen LogP contribution in [0.15, 0.2) is 12.4 Å². The van der Waals surface area contributed by atoms with Gasteiger partial charge in [0.05, 0.1) is 11.2 Å². The van der Waals surface area contributed by atoms with Gasteiger partial charge in [0.1, 0.15) is 6.54 Å². The summed E-state index contributed by atoms with van der Waals surface area (Å²) in [7, 11) is 1.16. The van der Waals surface area contributed by atoms with Gasteiger partial charge >= 0.3 is 7.12 Å². The first kappa shape index (κ1) is 14.1. The van der Waals surface area contributed by atoms with E-state index in [9.17, 15) is 4.79 Å². The van der Waals surface area contributed by atoms with Gasteiger partial charge in [-0.3, -0.25) is 9.48 Å². The second-order valence-electron chi connectivity index (χ2n) is 5.73. The molecular formula is C12H20BN3O3. The lowest BCUT2D eigenvalue weighted by atomic mass is 9.82. The molecule has 19 heavy (non-hydrogen) atoms. The van der Waals surface area contributed by atoms with Crippen LogP contribution in [-0.4, -0.2) is 41.1 Å². The number of likely N-dealkylation sites (N-methyl/N-ethyl adjacent to an activating group) is 1. The third-order valence-corrected chi connectivity index (χ3v) is 3.76. The summed E-state index contributed by atoms with van der Waals surface area (Å²) in [6.07, 6.45) is 3.45. The van der Waals surface area contributed by atoms with Crippen LogP contribution in [0.1, 0.15) is 27.7 Å². The Kier molecular flexibility index (Phi) is 3.44. The minimum Gasteiger partial charge on any atom is -0.399 e. The van der Waals surface area contributed by atoms with Crippen molar-refractivity contribution in [3.05, 3.63) is 12.4 Å². The van der Waals surface area contributed by atoms with Crippen LogP contribution >= 0.6 is 0 Å². The molecule has 0 spiro atoms. The Hall–Kier alpha value is -1.34. The molecule has 1 aromatic rings. The zero-order valence-electron chi connectivity index (χ0n) is 12.1. The first-order valence-corrected chi connectivity index (χ1v) is 6.34. The van der Waals surface area contributed by atoms with Crippen molar-refractivity contribution in [3.8, 4) is 0 Å². The second-order valence-corrected chi connectivity index (χ2v) is 5.73. The first-order valence-electron chi connectivity index (χ1n) is 6.34. The number of carbonyl (C=O) groups is 1.